The predicted molar refractivity (Wildman–Crippen MR) is 42.8 cm³/mol. The van der Waals surface area contributed by atoms with E-state index in [1.54, 1.807) is 6.92 Å². The van der Waals surface area contributed by atoms with Crippen LogP contribution in [0.15, 0.2) is 0 Å². The molecule has 0 heterocycles. The lowest BCUT2D eigenvalue weighted by Crippen LogP contribution is -2.40. The van der Waals surface area contributed by atoms with Gasteiger partial charge in [-0.3, -0.25) is 4.79 Å². The van der Waals surface area contributed by atoms with E-state index in [0.29, 0.717) is 12.8 Å². The van der Waals surface area contributed by atoms with Gasteiger partial charge in [-0.15, -0.1) is 0 Å². The Morgan fingerprint density at radius 1 is 1.46 bits per heavy atom. The van der Waals surface area contributed by atoms with Crippen molar-refractivity contribution in [1.82, 2.24) is 0 Å². The van der Waals surface area contributed by atoms with Gasteiger partial charge in [-0.2, -0.15) is 13.2 Å². The minimum Gasteiger partial charge on any atom is -0.369 e. The maximum atomic E-state index is 12.2. The summed E-state index contributed by atoms with van der Waals surface area (Å²) < 4.78 is 36.7. The number of rotatable bonds is 4. The lowest BCUT2D eigenvalue weighted by molar-refractivity contribution is -0.190. The summed E-state index contributed by atoms with van der Waals surface area (Å²) in [5.74, 6) is -4.02. The molecule has 0 aromatic heterocycles. The van der Waals surface area contributed by atoms with Crippen LogP contribution in [0.3, 0.4) is 0 Å². The van der Waals surface area contributed by atoms with Gasteiger partial charge in [-0.1, -0.05) is 20.3 Å². The molecule has 0 radical (unpaired) electrons. The summed E-state index contributed by atoms with van der Waals surface area (Å²) in [5, 5.41) is 0. The fourth-order valence-corrected chi connectivity index (χ4v) is 1.39. The highest BCUT2D eigenvalue weighted by atomic mass is 19.4. The van der Waals surface area contributed by atoms with E-state index >= 15 is 0 Å². The Bertz CT molecular complexity index is 179. The van der Waals surface area contributed by atoms with Crippen LogP contribution in [-0.4, -0.2) is 12.1 Å². The highest BCUT2D eigenvalue weighted by molar-refractivity contribution is 5.77. The zero-order valence-corrected chi connectivity index (χ0v) is 7.69. The summed E-state index contributed by atoms with van der Waals surface area (Å²) in [6, 6.07) is 0. The lowest BCUT2D eigenvalue weighted by atomic mass is 9.89. The monoisotopic (exact) mass is 197 g/mol. The van der Waals surface area contributed by atoms with E-state index in [2.05, 4.69) is 0 Å². The van der Waals surface area contributed by atoms with Crippen LogP contribution in [0.4, 0.5) is 13.2 Å². The van der Waals surface area contributed by atoms with Crippen LogP contribution in [0.25, 0.3) is 0 Å². The van der Waals surface area contributed by atoms with Crippen molar-refractivity contribution in [2.75, 3.05) is 0 Å². The largest absolute Gasteiger partial charge is 0.400 e. The van der Waals surface area contributed by atoms with Crippen LogP contribution >= 0.6 is 0 Å². The first-order valence-corrected chi connectivity index (χ1v) is 4.16. The summed E-state index contributed by atoms with van der Waals surface area (Å²) in [4.78, 5) is 10.6. The summed E-state index contributed by atoms with van der Waals surface area (Å²) in [6.07, 6.45) is -3.55. The minimum absolute atomic E-state index is 0.354. The topological polar surface area (TPSA) is 43.1 Å². The zero-order chi connectivity index (χ0) is 10.6. The van der Waals surface area contributed by atoms with Crippen molar-refractivity contribution in [1.29, 1.82) is 0 Å². The third-order valence-electron chi connectivity index (χ3n) is 1.97. The van der Waals surface area contributed by atoms with Crippen molar-refractivity contribution in [3.63, 3.8) is 0 Å². The molecule has 5 heteroatoms. The second-order valence-corrected chi connectivity index (χ2v) is 3.19. The number of halogens is 3. The van der Waals surface area contributed by atoms with Gasteiger partial charge in [-0.05, 0) is 12.3 Å². The van der Waals surface area contributed by atoms with Crippen molar-refractivity contribution in [3.05, 3.63) is 0 Å². The molecule has 0 saturated carbocycles. The quantitative estimate of drug-likeness (QED) is 0.736. The van der Waals surface area contributed by atoms with Crippen LogP contribution in [-0.2, 0) is 4.79 Å². The number of nitrogens with two attached hydrogens (primary N) is 1. The number of alkyl halides is 3. The fourth-order valence-electron chi connectivity index (χ4n) is 1.39. The maximum absolute atomic E-state index is 12.2. The van der Waals surface area contributed by atoms with E-state index in [4.69, 9.17) is 5.73 Å². The SMILES string of the molecule is CCCC(C)C(C(N)=O)C(F)(F)F. The Morgan fingerprint density at radius 2 is 1.92 bits per heavy atom. The molecule has 78 valence electrons. The standard InChI is InChI=1S/C8H14F3NO/c1-3-4-5(2)6(7(12)13)8(9,10)11/h5-6H,3-4H2,1-2H3,(H2,12,13). The first-order chi connectivity index (χ1) is 5.80. The van der Waals surface area contributed by atoms with Gasteiger partial charge in [0, 0.05) is 0 Å². The predicted octanol–water partition coefficient (Wildman–Crippen LogP) is 2.09. The third kappa shape index (κ3) is 3.65. The Labute approximate surface area is 75.3 Å². The molecule has 0 aromatic carbocycles. The highest BCUT2D eigenvalue weighted by Crippen LogP contribution is 2.33. The molecule has 2 N–H and O–H groups in total. The first-order valence-electron chi connectivity index (χ1n) is 4.16. The van der Waals surface area contributed by atoms with E-state index < -0.39 is 23.9 Å². The summed E-state index contributed by atoms with van der Waals surface area (Å²) in [6.45, 7) is 3.16. The molecule has 2 atom stereocenters. The molecule has 1 amide bonds. The van der Waals surface area contributed by atoms with E-state index in [0.717, 1.165) is 0 Å². The Balaban J connectivity index is 4.52. The van der Waals surface area contributed by atoms with Gasteiger partial charge >= 0.3 is 6.18 Å². The fraction of sp³-hybridized carbons (Fsp3) is 0.875. The average molecular weight is 197 g/mol. The summed E-state index contributed by atoms with van der Waals surface area (Å²) >= 11 is 0. The van der Waals surface area contributed by atoms with Crippen molar-refractivity contribution < 1.29 is 18.0 Å². The van der Waals surface area contributed by atoms with Crippen LogP contribution < -0.4 is 5.73 Å². The Kier molecular flexibility index (Phi) is 4.23. The molecule has 0 saturated heterocycles. The molecule has 0 bridgehead atoms. The first kappa shape index (κ1) is 12.3. The average Bonchev–Trinajstić information content (AvgIpc) is 1.82. The van der Waals surface area contributed by atoms with E-state index in [-0.39, 0.29) is 0 Å². The van der Waals surface area contributed by atoms with Gasteiger partial charge < -0.3 is 5.73 Å². The molecule has 0 spiro atoms. The van der Waals surface area contributed by atoms with E-state index in [1.807, 2.05) is 0 Å². The smallest absolute Gasteiger partial charge is 0.369 e. The second-order valence-electron chi connectivity index (χ2n) is 3.19. The molecular formula is C8H14F3NO. The molecule has 0 fully saturated rings. The van der Waals surface area contributed by atoms with Gasteiger partial charge in [0.05, 0.1) is 0 Å². The van der Waals surface area contributed by atoms with E-state index in [1.165, 1.54) is 6.92 Å². The van der Waals surface area contributed by atoms with Crippen molar-refractivity contribution in [2.45, 2.75) is 32.9 Å². The molecule has 13 heavy (non-hydrogen) atoms. The van der Waals surface area contributed by atoms with Crippen molar-refractivity contribution in [2.24, 2.45) is 17.6 Å². The Morgan fingerprint density at radius 3 is 2.15 bits per heavy atom. The van der Waals surface area contributed by atoms with Crippen LogP contribution in [0.5, 0.6) is 0 Å². The van der Waals surface area contributed by atoms with Gasteiger partial charge in [-0.25, -0.2) is 0 Å². The number of carbonyl (C=O) groups is 1. The lowest BCUT2D eigenvalue weighted by Gasteiger charge is -2.22. The molecule has 0 aliphatic carbocycles. The molecule has 0 aliphatic rings. The summed E-state index contributed by atoms with van der Waals surface area (Å²) in [5.41, 5.74) is 4.70. The van der Waals surface area contributed by atoms with Gasteiger partial charge in [0.1, 0.15) is 5.92 Å². The maximum Gasteiger partial charge on any atom is 0.400 e. The van der Waals surface area contributed by atoms with Gasteiger partial charge in [0.15, 0.2) is 0 Å². The Hall–Kier alpha value is -0.740. The number of primary amides is 1. The molecule has 0 aliphatic heterocycles. The summed E-state index contributed by atoms with van der Waals surface area (Å²) in [7, 11) is 0. The zero-order valence-electron chi connectivity index (χ0n) is 7.69. The van der Waals surface area contributed by atoms with Crippen molar-refractivity contribution >= 4 is 5.91 Å². The molecule has 2 nitrogen and oxygen atoms in total. The minimum atomic E-state index is -4.51. The number of hydrogen-bond acceptors (Lipinski definition) is 1. The molecule has 0 rings (SSSR count). The second kappa shape index (κ2) is 4.48. The van der Waals surface area contributed by atoms with Gasteiger partial charge in [0.2, 0.25) is 5.91 Å². The highest BCUT2D eigenvalue weighted by Gasteiger charge is 2.46. The van der Waals surface area contributed by atoms with Gasteiger partial charge in [0.25, 0.3) is 0 Å². The van der Waals surface area contributed by atoms with E-state index in [9.17, 15) is 18.0 Å². The normalized spacial score (nSPS) is 16.7. The molecular weight excluding hydrogens is 183 g/mol. The van der Waals surface area contributed by atoms with Crippen LogP contribution in [0.1, 0.15) is 26.7 Å². The van der Waals surface area contributed by atoms with Crippen LogP contribution in [0, 0.1) is 11.8 Å². The van der Waals surface area contributed by atoms with Crippen LogP contribution in [0.2, 0.25) is 0 Å². The number of hydrogen-bond donors (Lipinski definition) is 1. The molecule has 2 unspecified atom stereocenters. The van der Waals surface area contributed by atoms with Crippen molar-refractivity contribution in [3.8, 4) is 0 Å². The number of carbonyl (C=O) groups excluding carboxylic acids is 1. The number of amides is 1. The molecule has 0 aromatic rings. The third-order valence-corrected chi connectivity index (χ3v) is 1.97.